The highest BCUT2D eigenvalue weighted by atomic mass is 32.2. The molecule has 2 aromatic carbocycles. The summed E-state index contributed by atoms with van der Waals surface area (Å²) in [6.45, 7) is 6.52. The van der Waals surface area contributed by atoms with Crippen molar-refractivity contribution in [2.45, 2.75) is 51.0 Å². The maximum absolute atomic E-state index is 12.7. The Morgan fingerprint density at radius 2 is 1.62 bits per heavy atom. The molecule has 6 nitrogen and oxygen atoms in total. The largest absolute Gasteiger partial charge is 0.354 e. The Balaban J connectivity index is 2.05. The molecular weight excluding hydrogens is 424 g/mol. The average molecular weight is 457 g/mol. The summed E-state index contributed by atoms with van der Waals surface area (Å²) in [5.41, 5.74) is 2.00. The lowest BCUT2D eigenvalue weighted by atomic mass is 10.0. The predicted octanol–water partition coefficient (Wildman–Crippen LogP) is 3.56. The first-order chi connectivity index (χ1) is 15.2. The predicted molar refractivity (Wildman–Crippen MR) is 127 cm³/mol. The highest BCUT2D eigenvalue weighted by Crippen LogP contribution is 2.13. The van der Waals surface area contributed by atoms with Crippen LogP contribution < -0.4 is 10.6 Å². The first kappa shape index (κ1) is 25.3. The van der Waals surface area contributed by atoms with Crippen molar-refractivity contribution in [3.63, 3.8) is 0 Å². The molecule has 1 unspecified atom stereocenters. The van der Waals surface area contributed by atoms with Crippen LogP contribution in [0.25, 0.3) is 0 Å². The van der Waals surface area contributed by atoms with Crippen LogP contribution in [0.4, 0.5) is 0 Å². The summed E-state index contributed by atoms with van der Waals surface area (Å²) in [4.78, 5) is 25.2. The van der Waals surface area contributed by atoms with Gasteiger partial charge in [0.05, 0.1) is 4.90 Å². The molecular formula is C25H32N2O4S. The van der Waals surface area contributed by atoms with Crippen LogP contribution in [0.1, 0.15) is 37.8 Å². The molecule has 0 fully saturated rings. The number of nitrogens with one attached hydrogen (secondary N) is 2. The smallest absolute Gasteiger partial charge is 0.245 e. The van der Waals surface area contributed by atoms with Crippen molar-refractivity contribution in [3.05, 3.63) is 77.2 Å². The Kier molecular flexibility index (Phi) is 9.65. The number of benzene rings is 2. The van der Waals surface area contributed by atoms with Gasteiger partial charge in [-0.25, -0.2) is 8.42 Å². The molecule has 0 saturated carbocycles. The second-order valence-electron chi connectivity index (χ2n) is 8.22. The molecule has 2 rings (SSSR count). The van der Waals surface area contributed by atoms with Gasteiger partial charge in [-0.1, -0.05) is 61.9 Å². The molecule has 2 amide bonds. The molecule has 7 heteroatoms. The van der Waals surface area contributed by atoms with Crippen LogP contribution in [0.5, 0.6) is 0 Å². The van der Waals surface area contributed by atoms with Gasteiger partial charge in [-0.3, -0.25) is 9.59 Å². The van der Waals surface area contributed by atoms with E-state index in [1.54, 1.807) is 12.1 Å². The zero-order valence-corrected chi connectivity index (χ0v) is 19.7. The van der Waals surface area contributed by atoms with Crippen molar-refractivity contribution >= 4 is 21.7 Å². The highest BCUT2D eigenvalue weighted by Gasteiger charge is 2.20. The average Bonchev–Trinajstić information content (AvgIpc) is 2.76. The fraction of sp³-hybridized carbons (Fsp3) is 0.360. The van der Waals surface area contributed by atoms with Crippen molar-refractivity contribution in [3.8, 4) is 0 Å². The third-order valence-electron chi connectivity index (χ3n) is 4.97. The van der Waals surface area contributed by atoms with Crippen LogP contribution in [0.3, 0.4) is 0 Å². The number of rotatable bonds is 11. The van der Waals surface area contributed by atoms with Gasteiger partial charge in [0.2, 0.25) is 11.8 Å². The Morgan fingerprint density at radius 3 is 2.25 bits per heavy atom. The zero-order valence-electron chi connectivity index (χ0n) is 18.9. The summed E-state index contributed by atoms with van der Waals surface area (Å²) in [6.07, 6.45) is 2.81. The lowest BCUT2D eigenvalue weighted by molar-refractivity contribution is -0.127. The van der Waals surface area contributed by atoms with Gasteiger partial charge in [0, 0.05) is 18.0 Å². The molecule has 32 heavy (non-hydrogen) atoms. The van der Waals surface area contributed by atoms with Gasteiger partial charge >= 0.3 is 0 Å². The number of hydrogen-bond acceptors (Lipinski definition) is 4. The second-order valence-corrected chi connectivity index (χ2v) is 10.1. The Labute approximate surface area is 191 Å². The van der Waals surface area contributed by atoms with E-state index in [9.17, 15) is 18.0 Å². The van der Waals surface area contributed by atoms with Crippen molar-refractivity contribution < 1.29 is 18.0 Å². The molecule has 2 aromatic rings. The van der Waals surface area contributed by atoms with E-state index in [-0.39, 0.29) is 10.8 Å². The summed E-state index contributed by atoms with van der Waals surface area (Å²) in [5, 5.41) is 6.39. The Bertz CT molecular complexity index is 1010. The van der Waals surface area contributed by atoms with Crippen molar-refractivity contribution in [2.24, 2.45) is 5.92 Å². The molecule has 0 spiro atoms. The third-order valence-corrected chi connectivity index (χ3v) is 6.39. The van der Waals surface area contributed by atoms with Crippen LogP contribution >= 0.6 is 0 Å². The fourth-order valence-electron chi connectivity index (χ4n) is 3.01. The standard InChI is InChI=1S/C25H32N2O4S/c1-19(2)15-17-26-25(29)23(14-11-21-7-5-4-6-8-21)27-24(28)16-18-32(30,31)22-12-9-20(3)10-13-22/h4-10,12-13,16,18-19,23H,11,14-15,17H2,1-3H3,(H,26,29)(H,27,28). The minimum atomic E-state index is -3.75. The number of amides is 2. The monoisotopic (exact) mass is 456 g/mol. The van der Waals surface area contributed by atoms with E-state index in [1.807, 2.05) is 37.3 Å². The summed E-state index contributed by atoms with van der Waals surface area (Å²) in [7, 11) is -3.75. The zero-order chi connectivity index (χ0) is 23.6. The van der Waals surface area contributed by atoms with E-state index >= 15 is 0 Å². The molecule has 0 heterocycles. The summed E-state index contributed by atoms with van der Waals surface area (Å²) >= 11 is 0. The quantitative estimate of drug-likeness (QED) is 0.506. The van der Waals surface area contributed by atoms with E-state index in [0.717, 1.165) is 29.0 Å². The molecule has 0 bridgehead atoms. The first-order valence-corrected chi connectivity index (χ1v) is 12.3. The molecule has 1 atom stereocenters. The summed E-state index contributed by atoms with van der Waals surface area (Å²) < 4.78 is 24.9. The van der Waals surface area contributed by atoms with E-state index in [2.05, 4.69) is 24.5 Å². The third kappa shape index (κ3) is 8.67. The molecule has 2 N–H and O–H groups in total. The lowest BCUT2D eigenvalue weighted by Gasteiger charge is -2.18. The number of sulfone groups is 1. The van der Waals surface area contributed by atoms with E-state index in [4.69, 9.17) is 0 Å². The molecule has 0 aliphatic carbocycles. The van der Waals surface area contributed by atoms with Gasteiger partial charge in [-0.15, -0.1) is 0 Å². The van der Waals surface area contributed by atoms with Crippen LogP contribution in [0.15, 0.2) is 71.0 Å². The van der Waals surface area contributed by atoms with E-state index in [1.165, 1.54) is 12.1 Å². The summed E-state index contributed by atoms with van der Waals surface area (Å²) in [5.74, 6) is -0.454. The van der Waals surface area contributed by atoms with Gasteiger partial charge in [0.25, 0.3) is 0 Å². The van der Waals surface area contributed by atoms with Gasteiger partial charge in [-0.2, -0.15) is 0 Å². The van der Waals surface area contributed by atoms with Gasteiger partial charge in [0.15, 0.2) is 9.84 Å². The van der Waals surface area contributed by atoms with E-state index < -0.39 is 21.8 Å². The molecule has 0 aliphatic rings. The molecule has 0 aliphatic heterocycles. The van der Waals surface area contributed by atoms with Crippen molar-refractivity contribution in [2.75, 3.05) is 6.54 Å². The maximum Gasteiger partial charge on any atom is 0.245 e. The van der Waals surface area contributed by atoms with Crippen LogP contribution in [-0.4, -0.2) is 32.8 Å². The second kappa shape index (κ2) is 12.2. The Morgan fingerprint density at radius 1 is 0.969 bits per heavy atom. The Hall–Kier alpha value is -2.93. The molecule has 172 valence electrons. The minimum Gasteiger partial charge on any atom is -0.354 e. The first-order valence-electron chi connectivity index (χ1n) is 10.8. The normalized spacial score (nSPS) is 12.6. The fourth-order valence-corrected chi connectivity index (χ4v) is 3.98. The topological polar surface area (TPSA) is 92.3 Å². The number of carbonyl (C=O) groups excluding carboxylic acids is 2. The van der Waals surface area contributed by atoms with Crippen molar-refractivity contribution in [1.82, 2.24) is 10.6 Å². The molecule has 0 radical (unpaired) electrons. The minimum absolute atomic E-state index is 0.110. The lowest BCUT2D eigenvalue weighted by Crippen LogP contribution is -2.47. The highest BCUT2D eigenvalue weighted by molar-refractivity contribution is 7.94. The number of aryl methyl sites for hydroxylation is 2. The van der Waals surface area contributed by atoms with Crippen LogP contribution in [-0.2, 0) is 25.8 Å². The van der Waals surface area contributed by atoms with Crippen molar-refractivity contribution in [1.29, 1.82) is 0 Å². The van der Waals surface area contributed by atoms with Gasteiger partial charge in [-0.05, 0) is 49.8 Å². The van der Waals surface area contributed by atoms with Gasteiger partial charge < -0.3 is 10.6 Å². The van der Waals surface area contributed by atoms with E-state index in [0.29, 0.717) is 25.3 Å². The van der Waals surface area contributed by atoms with Crippen LogP contribution in [0, 0.1) is 12.8 Å². The van der Waals surface area contributed by atoms with Gasteiger partial charge in [0.1, 0.15) is 6.04 Å². The number of hydrogen-bond donors (Lipinski definition) is 2. The molecule has 0 aromatic heterocycles. The van der Waals surface area contributed by atoms with Crippen LogP contribution in [0.2, 0.25) is 0 Å². The number of carbonyl (C=O) groups is 2. The SMILES string of the molecule is Cc1ccc(S(=O)(=O)C=CC(=O)NC(CCc2ccccc2)C(=O)NCCC(C)C)cc1. The maximum atomic E-state index is 12.7. The molecule has 0 saturated heterocycles. The summed E-state index contributed by atoms with van der Waals surface area (Å²) in [6, 6.07) is 15.3.